The quantitative estimate of drug-likeness (QED) is 0.511. The van der Waals surface area contributed by atoms with E-state index in [2.05, 4.69) is 61.5 Å². The number of aromatic nitrogens is 6. The molecule has 2 aliphatic rings. The maximum atomic E-state index is 12.7. The van der Waals surface area contributed by atoms with Crippen LogP contribution in [0.15, 0.2) is 36.8 Å². The molecule has 6 rings (SSSR count). The Morgan fingerprint density at radius 2 is 2.12 bits per heavy atom. The number of benzene rings is 1. The molecule has 1 fully saturated rings. The number of hydrogen-bond acceptors (Lipinski definition) is 6. The highest BCUT2D eigenvalue weighted by atomic mass is 16.2. The molecule has 0 unspecified atom stereocenters. The Kier molecular flexibility index (Phi) is 4.63. The number of anilines is 1. The standard InChI is InChI=1S/C24H26N8O/c1-15-4-3-5-18(10-15)32-19-8-9-31(13-17(19)12-28-32)22-20-21(26-14-27-22)30(2)23(29-20)24(33)25-11-16-6-7-16/h3-5,10,12,14,16H,6-9,11,13H2,1-2H3,(H,25,33). The minimum Gasteiger partial charge on any atom is -0.350 e. The molecule has 9 nitrogen and oxygen atoms in total. The van der Waals surface area contributed by atoms with Gasteiger partial charge in [0.25, 0.3) is 5.91 Å². The molecule has 1 aliphatic carbocycles. The van der Waals surface area contributed by atoms with Gasteiger partial charge in [-0.3, -0.25) is 4.79 Å². The fourth-order valence-electron chi connectivity index (χ4n) is 4.55. The van der Waals surface area contributed by atoms with Crippen molar-refractivity contribution < 1.29 is 4.79 Å². The number of carbonyl (C=O) groups excluding carboxylic acids is 1. The molecular weight excluding hydrogens is 416 g/mol. The van der Waals surface area contributed by atoms with Gasteiger partial charge in [0, 0.05) is 38.7 Å². The van der Waals surface area contributed by atoms with Crippen molar-refractivity contribution in [3.63, 3.8) is 0 Å². The predicted octanol–water partition coefficient (Wildman–Crippen LogP) is 2.56. The first-order valence-electron chi connectivity index (χ1n) is 11.4. The lowest BCUT2D eigenvalue weighted by atomic mass is 10.1. The van der Waals surface area contributed by atoms with E-state index in [4.69, 9.17) is 0 Å². The van der Waals surface area contributed by atoms with E-state index in [1.54, 1.807) is 10.9 Å². The van der Waals surface area contributed by atoms with Crippen LogP contribution in [-0.2, 0) is 20.0 Å². The summed E-state index contributed by atoms with van der Waals surface area (Å²) < 4.78 is 3.80. The van der Waals surface area contributed by atoms with Crippen molar-refractivity contribution in [1.29, 1.82) is 0 Å². The molecule has 0 saturated heterocycles. The fourth-order valence-corrected chi connectivity index (χ4v) is 4.55. The van der Waals surface area contributed by atoms with Gasteiger partial charge in [0.05, 0.1) is 17.6 Å². The van der Waals surface area contributed by atoms with Gasteiger partial charge in [-0.1, -0.05) is 12.1 Å². The SMILES string of the molecule is Cc1cccc(-n2ncc3c2CCN(c2ncnc4c2nc(C(=O)NCC2CC2)n4C)C3)c1. The topological polar surface area (TPSA) is 93.8 Å². The molecular formula is C24H26N8O. The van der Waals surface area contributed by atoms with E-state index in [1.165, 1.54) is 29.7 Å². The van der Waals surface area contributed by atoms with Gasteiger partial charge < -0.3 is 14.8 Å². The Morgan fingerprint density at radius 1 is 1.24 bits per heavy atom. The van der Waals surface area contributed by atoms with Crippen LogP contribution >= 0.6 is 0 Å². The third kappa shape index (κ3) is 3.53. The highest BCUT2D eigenvalue weighted by molar-refractivity contribution is 5.96. The molecule has 1 aliphatic heterocycles. The predicted molar refractivity (Wildman–Crippen MR) is 124 cm³/mol. The second kappa shape index (κ2) is 7.68. The molecule has 168 valence electrons. The maximum Gasteiger partial charge on any atom is 0.287 e. The second-order valence-electron chi connectivity index (χ2n) is 9.06. The Labute approximate surface area is 191 Å². The van der Waals surface area contributed by atoms with Crippen LogP contribution in [0.5, 0.6) is 0 Å². The van der Waals surface area contributed by atoms with E-state index in [1.807, 2.05) is 17.9 Å². The van der Waals surface area contributed by atoms with Crippen LogP contribution in [0.1, 0.15) is 40.3 Å². The minimum atomic E-state index is -0.159. The summed E-state index contributed by atoms with van der Waals surface area (Å²) in [6.07, 6.45) is 6.72. The van der Waals surface area contributed by atoms with Gasteiger partial charge >= 0.3 is 0 Å². The molecule has 3 aromatic heterocycles. The monoisotopic (exact) mass is 442 g/mol. The molecule has 1 aromatic carbocycles. The summed E-state index contributed by atoms with van der Waals surface area (Å²) in [5.74, 6) is 1.58. The number of rotatable bonds is 5. The molecule has 0 bridgehead atoms. The van der Waals surface area contributed by atoms with Crippen LogP contribution < -0.4 is 10.2 Å². The zero-order valence-electron chi connectivity index (χ0n) is 18.8. The van der Waals surface area contributed by atoms with Gasteiger partial charge in [0.1, 0.15) is 6.33 Å². The number of nitrogens with zero attached hydrogens (tertiary/aromatic N) is 7. The average molecular weight is 443 g/mol. The van der Waals surface area contributed by atoms with Gasteiger partial charge in [-0.05, 0) is 43.4 Å². The third-order valence-corrected chi connectivity index (χ3v) is 6.57. The molecule has 33 heavy (non-hydrogen) atoms. The van der Waals surface area contributed by atoms with E-state index < -0.39 is 0 Å². The Hall–Kier alpha value is -3.75. The molecule has 1 N–H and O–H groups in total. The summed E-state index contributed by atoms with van der Waals surface area (Å²) in [5.41, 5.74) is 6.02. The van der Waals surface area contributed by atoms with Gasteiger partial charge in [0.2, 0.25) is 5.82 Å². The van der Waals surface area contributed by atoms with Crippen molar-refractivity contribution in [2.45, 2.75) is 32.7 Å². The Balaban J connectivity index is 1.30. The van der Waals surface area contributed by atoms with Crippen molar-refractivity contribution in [3.05, 3.63) is 59.4 Å². The van der Waals surface area contributed by atoms with Gasteiger partial charge in [0.15, 0.2) is 17.0 Å². The molecule has 0 atom stereocenters. The smallest absolute Gasteiger partial charge is 0.287 e. The zero-order chi connectivity index (χ0) is 22.5. The number of fused-ring (bicyclic) bond motifs is 2. The van der Waals surface area contributed by atoms with Crippen LogP contribution in [0, 0.1) is 12.8 Å². The molecule has 0 spiro atoms. The van der Waals surface area contributed by atoms with Gasteiger partial charge in [-0.15, -0.1) is 0 Å². The van der Waals surface area contributed by atoms with Gasteiger partial charge in [-0.2, -0.15) is 5.10 Å². The first kappa shape index (κ1) is 19.9. The highest BCUT2D eigenvalue weighted by Gasteiger charge is 2.27. The summed E-state index contributed by atoms with van der Waals surface area (Å²) in [5, 5.41) is 7.67. The maximum absolute atomic E-state index is 12.7. The van der Waals surface area contributed by atoms with E-state index >= 15 is 0 Å². The first-order chi connectivity index (χ1) is 16.1. The van der Waals surface area contributed by atoms with E-state index in [0.717, 1.165) is 24.5 Å². The van der Waals surface area contributed by atoms with Crippen LogP contribution in [0.3, 0.4) is 0 Å². The molecule has 1 amide bonds. The van der Waals surface area contributed by atoms with Crippen molar-refractivity contribution in [3.8, 4) is 5.69 Å². The van der Waals surface area contributed by atoms with Crippen LogP contribution in [0.25, 0.3) is 16.9 Å². The van der Waals surface area contributed by atoms with E-state index in [-0.39, 0.29) is 5.91 Å². The van der Waals surface area contributed by atoms with Crippen molar-refractivity contribution >= 4 is 22.9 Å². The van der Waals surface area contributed by atoms with Crippen LogP contribution in [0.2, 0.25) is 0 Å². The summed E-state index contributed by atoms with van der Waals surface area (Å²) in [6.45, 7) is 4.28. The first-order valence-corrected chi connectivity index (χ1v) is 11.4. The second-order valence-corrected chi connectivity index (χ2v) is 9.06. The summed E-state index contributed by atoms with van der Waals surface area (Å²) >= 11 is 0. The Bertz CT molecular complexity index is 1370. The largest absolute Gasteiger partial charge is 0.350 e. The molecule has 0 radical (unpaired) electrons. The van der Waals surface area contributed by atoms with Crippen molar-refractivity contribution in [1.82, 2.24) is 34.6 Å². The number of amides is 1. The summed E-state index contributed by atoms with van der Waals surface area (Å²) in [6, 6.07) is 8.39. The lowest BCUT2D eigenvalue weighted by Crippen LogP contribution is -2.31. The van der Waals surface area contributed by atoms with Crippen molar-refractivity contribution in [2.75, 3.05) is 18.0 Å². The summed E-state index contributed by atoms with van der Waals surface area (Å²) in [4.78, 5) is 28.5. The molecule has 9 heteroatoms. The van der Waals surface area contributed by atoms with Gasteiger partial charge in [-0.25, -0.2) is 19.6 Å². The number of carbonyl (C=O) groups is 1. The van der Waals surface area contributed by atoms with Crippen LogP contribution in [0.4, 0.5) is 5.82 Å². The average Bonchev–Trinajstić information content (AvgIpc) is 3.47. The number of hydrogen-bond donors (Lipinski definition) is 1. The lowest BCUT2D eigenvalue weighted by molar-refractivity contribution is 0.0939. The summed E-state index contributed by atoms with van der Waals surface area (Å²) in [7, 11) is 1.83. The van der Waals surface area contributed by atoms with Crippen LogP contribution in [-0.4, -0.2) is 48.3 Å². The molecule has 4 heterocycles. The fraction of sp³-hybridized carbons (Fsp3) is 0.375. The molecule has 1 saturated carbocycles. The third-order valence-electron chi connectivity index (χ3n) is 6.57. The Morgan fingerprint density at radius 3 is 2.94 bits per heavy atom. The normalized spacial score (nSPS) is 15.6. The lowest BCUT2D eigenvalue weighted by Gasteiger charge is -2.28. The highest BCUT2D eigenvalue weighted by Crippen LogP contribution is 2.30. The molecule has 4 aromatic rings. The minimum absolute atomic E-state index is 0.159. The number of nitrogens with one attached hydrogen (secondary N) is 1. The van der Waals surface area contributed by atoms with E-state index in [9.17, 15) is 4.79 Å². The number of aryl methyl sites for hydroxylation is 2. The van der Waals surface area contributed by atoms with Crippen molar-refractivity contribution in [2.24, 2.45) is 13.0 Å². The number of imidazole rings is 1. The zero-order valence-corrected chi connectivity index (χ0v) is 18.8. The van der Waals surface area contributed by atoms with E-state index in [0.29, 0.717) is 36.0 Å².